The van der Waals surface area contributed by atoms with Crippen LogP contribution in [-0.4, -0.2) is 15.0 Å². The zero-order valence-electron chi connectivity index (χ0n) is 15.1. The van der Waals surface area contributed by atoms with E-state index in [-0.39, 0.29) is 5.52 Å². The van der Waals surface area contributed by atoms with Gasteiger partial charge >= 0.3 is 6.18 Å². The van der Waals surface area contributed by atoms with Crippen LogP contribution in [0.2, 0.25) is 0 Å². The van der Waals surface area contributed by atoms with E-state index in [0.29, 0.717) is 28.8 Å². The molecular formula is C21H16F3N3OS. The van der Waals surface area contributed by atoms with E-state index in [0.717, 1.165) is 23.4 Å². The molecule has 2 heterocycles. The molecule has 4 nitrogen and oxygen atoms in total. The van der Waals surface area contributed by atoms with Crippen LogP contribution in [0.4, 0.5) is 13.2 Å². The van der Waals surface area contributed by atoms with Gasteiger partial charge in [-0.15, -0.1) is 0 Å². The van der Waals surface area contributed by atoms with E-state index in [2.05, 4.69) is 15.0 Å². The first-order valence-electron chi connectivity index (χ1n) is 8.79. The molecule has 4 aromatic rings. The van der Waals surface area contributed by atoms with Crippen LogP contribution in [0.15, 0.2) is 72.0 Å². The van der Waals surface area contributed by atoms with Crippen LogP contribution in [0.3, 0.4) is 0 Å². The van der Waals surface area contributed by atoms with Gasteiger partial charge in [0.25, 0.3) is 0 Å². The predicted molar refractivity (Wildman–Crippen MR) is 106 cm³/mol. The zero-order chi connectivity index (χ0) is 20.3. The monoisotopic (exact) mass is 415 g/mol. The Hall–Kier alpha value is -3.00. The number of nitrogens with zero attached hydrogens (tertiary/aromatic N) is 2. The number of aromatic nitrogens is 3. The normalized spacial score (nSPS) is 11.7. The van der Waals surface area contributed by atoms with Gasteiger partial charge < -0.3 is 9.72 Å². The average molecular weight is 415 g/mol. The molecular weight excluding hydrogens is 399 g/mol. The SMILES string of the molecule is FC(F)(F)c1ccc2[nH]c(SCc3cc(OCc4ccccc4)ccn3)nc2c1. The van der Waals surface area contributed by atoms with E-state index in [4.69, 9.17) is 4.74 Å². The molecule has 2 aromatic heterocycles. The molecule has 148 valence electrons. The van der Waals surface area contributed by atoms with Crippen molar-refractivity contribution in [2.45, 2.75) is 23.7 Å². The molecule has 1 N–H and O–H groups in total. The van der Waals surface area contributed by atoms with E-state index in [1.165, 1.54) is 17.8 Å². The van der Waals surface area contributed by atoms with E-state index in [1.54, 1.807) is 12.3 Å². The van der Waals surface area contributed by atoms with Gasteiger partial charge in [0.15, 0.2) is 5.16 Å². The summed E-state index contributed by atoms with van der Waals surface area (Å²) in [5, 5.41) is 0.539. The fraction of sp³-hybridized carbons (Fsp3) is 0.143. The van der Waals surface area contributed by atoms with Crippen LogP contribution < -0.4 is 4.74 Å². The number of rotatable bonds is 6. The molecule has 0 unspecified atom stereocenters. The minimum absolute atomic E-state index is 0.287. The topological polar surface area (TPSA) is 50.8 Å². The molecule has 8 heteroatoms. The number of halogens is 3. The lowest BCUT2D eigenvalue weighted by atomic mass is 10.2. The summed E-state index contributed by atoms with van der Waals surface area (Å²) in [6, 6.07) is 17.0. The predicted octanol–water partition coefficient (Wildman–Crippen LogP) is 5.85. The number of thioether (sulfide) groups is 1. The summed E-state index contributed by atoms with van der Waals surface area (Å²) in [7, 11) is 0. The second kappa shape index (κ2) is 8.16. The number of pyridine rings is 1. The summed E-state index contributed by atoms with van der Waals surface area (Å²) < 4.78 is 44.3. The maximum absolute atomic E-state index is 12.8. The van der Waals surface area contributed by atoms with Crippen LogP contribution in [-0.2, 0) is 18.5 Å². The molecule has 0 aliphatic heterocycles. The van der Waals surface area contributed by atoms with Crippen LogP contribution in [0.5, 0.6) is 5.75 Å². The number of nitrogens with one attached hydrogen (secondary N) is 1. The Balaban J connectivity index is 1.41. The third-order valence-electron chi connectivity index (χ3n) is 4.18. The van der Waals surface area contributed by atoms with Crippen molar-refractivity contribution in [3.63, 3.8) is 0 Å². The van der Waals surface area contributed by atoms with Gasteiger partial charge in [-0.25, -0.2) is 4.98 Å². The molecule has 0 spiro atoms. The molecule has 29 heavy (non-hydrogen) atoms. The molecule has 0 atom stereocenters. The van der Waals surface area contributed by atoms with Crippen molar-refractivity contribution in [2.24, 2.45) is 0 Å². The molecule has 0 aliphatic carbocycles. The Morgan fingerprint density at radius 2 is 1.83 bits per heavy atom. The maximum Gasteiger partial charge on any atom is 0.416 e. The van der Waals surface area contributed by atoms with Gasteiger partial charge in [0.05, 0.1) is 22.3 Å². The maximum atomic E-state index is 12.8. The molecule has 0 radical (unpaired) electrons. The fourth-order valence-corrected chi connectivity index (χ4v) is 3.52. The third kappa shape index (κ3) is 4.89. The summed E-state index contributed by atoms with van der Waals surface area (Å²) in [6.45, 7) is 0.461. The first kappa shape index (κ1) is 19.3. The Morgan fingerprint density at radius 1 is 1.00 bits per heavy atom. The molecule has 4 rings (SSSR count). The van der Waals surface area contributed by atoms with Gasteiger partial charge in [0, 0.05) is 18.0 Å². The number of hydrogen-bond acceptors (Lipinski definition) is 4. The van der Waals surface area contributed by atoms with Crippen molar-refractivity contribution in [1.29, 1.82) is 0 Å². The highest BCUT2D eigenvalue weighted by molar-refractivity contribution is 7.98. The summed E-state index contributed by atoms with van der Waals surface area (Å²) in [5.41, 5.74) is 2.00. The number of H-pyrrole nitrogens is 1. The zero-order valence-corrected chi connectivity index (χ0v) is 15.9. The smallest absolute Gasteiger partial charge is 0.416 e. The molecule has 2 aromatic carbocycles. The van der Waals surface area contributed by atoms with Crippen molar-refractivity contribution >= 4 is 22.8 Å². The van der Waals surface area contributed by atoms with E-state index in [1.807, 2.05) is 36.4 Å². The lowest BCUT2D eigenvalue weighted by molar-refractivity contribution is -0.137. The minimum Gasteiger partial charge on any atom is -0.489 e. The Bertz CT molecular complexity index is 1110. The van der Waals surface area contributed by atoms with Crippen LogP contribution in [0, 0.1) is 0 Å². The molecule has 0 amide bonds. The fourth-order valence-electron chi connectivity index (χ4n) is 2.74. The van der Waals surface area contributed by atoms with E-state index < -0.39 is 11.7 Å². The van der Waals surface area contributed by atoms with Crippen LogP contribution >= 0.6 is 11.8 Å². The van der Waals surface area contributed by atoms with Crippen molar-refractivity contribution in [2.75, 3.05) is 0 Å². The number of alkyl halides is 3. The first-order valence-corrected chi connectivity index (χ1v) is 9.77. The van der Waals surface area contributed by atoms with Crippen molar-refractivity contribution in [3.05, 3.63) is 83.7 Å². The Labute approximate surface area is 169 Å². The summed E-state index contributed by atoms with van der Waals surface area (Å²) >= 11 is 1.37. The minimum atomic E-state index is -4.38. The number of hydrogen-bond donors (Lipinski definition) is 1. The lowest BCUT2D eigenvalue weighted by Gasteiger charge is -2.07. The van der Waals surface area contributed by atoms with Gasteiger partial charge in [0.1, 0.15) is 12.4 Å². The number of aromatic amines is 1. The Morgan fingerprint density at radius 3 is 2.62 bits per heavy atom. The second-order valence-electron chi connectivity index (χ2n) is 6.32. The van der Waals surface area contributed by atoms with Gasteiger partial charge in [-0.2, -0.15) is 13.2 Å². The highest BCUT2D eigenvalue weighted by atomic mass is 32.2. The van der Waals surface area contributed by atoms with Gasteiger partial charge in [-0.1, -0.05) is 42.1 Å². The standard InChI is InChI=1S/C21H16F3N3OS/c22-21(23,24)15-6-7-18-19(10-15)27-20(26-18)29-13-16-11-17(8-9-25-16)28-12-14-4-2-1-3-5-14/h1-11H,12-13H2,(H,26,27). The summed E-state index contributed by atoms with van der Waals surface area (Å²) in [4.78, 5) is 11.6. The molecule has 0 saturated carbocycles. The van der Waals surface area contributed by atoms with Gasteiger partial charge in [0.2, 0.25) is 0 Å². The van der Waals surface area contributed by atoms with Crippen molar-refractivity contribution in [3.8, 4) is 5.75 Å². The average Bonchev–Trinajstić information content (AvgIpc) is 3.13. The first-order chi connectivity index (χ1) is 14.0. The third-order valence-corrected chi connectivity index (χ3v) is 5.09. The van der Waals surface area contributed by atoms with E-state index >= 15 is 0 Å². The number of imidazole rings is 1. The quantitative estimate of drug-likeness (QED) is 0.402. The number of benzene rings is 2. The summed E-state index contributed by atoms with van der Waals surface area (Å²) in [6.07, 6.45) is -2.71. The highest BCUT2D eigenvalue weighted by Crippen LogP contribution is 2.32. The van der Waals surface area contributed by atoms with Crippen LogP contribution in [0.1, 0.15) is 16.8 Å². The molecule has 0 fully saturated rings. The second-order valence-corrected chi connectivity index (χ2v) is 7.28. The van der Waals surface area contributed by atoms with Crippen molar-refractivity contribution < 1.29 is 17.9 Å². The van der Waals surface area contributed by atoms with Gasteiger partial charge in [-0.3, -0.25) is 4.98 Å². The van der Waals surface area contributed by atoms with E-state index in [9.17, 15) is 13.2 Å². The Kier molecular flexibility index (Phi) is 5.44. The molecule has 0 aliphatic rings. The van der Waals surface area contributed by atoms with Crippen LogP contribution in [0.25, 0.3) is 11.0 Å². The summed E-state index contributed by atoms with van der Waals surface area (Å²) in [5.74, 6) is 1.22. The highest BCUT2D eigenvalue weighted by Gasteiger charge is 2.30. The van der Waals surface area contributed by atoms with Gasteiger partial charge in [-0.05, 0) is 29.8 Å². The molecule has 0 bridgehead atoms. The molecule has 0 saturated heterocycles. The lowest BCUT2D eigenvalue weighted by Crippen LogP contribution is -2.04. The largest absolute Gasteiger partial charge is 0.489 e. The number of fused-ring (bicyclic) bond motifs is 1. The number of ether oxygens (including phenoxy) is 1. The van der Waals surface area contributed by atoms with Crippen molar-refractivity contribution in [1.82, 2.24) is 15.0 Å².